The maximum Gasteiger partial charge on any atom is 0.163 e. The van der Waals surface area contributed by atoms with E-state index >= 15 is 0 Å². The predicted molar refractivity (Wildman–Crippen MR) is 123 cm³/mol. The Balaban J connectivity index is 1.65. The van der Waals surface area contributed by atoms with Crippen LogP contribution in [0.1, 0.15) is 23.8 Å². The first-order valence-electron chi connectivity index (χ1n) is 10.7. The van der Waals surface area contributed by atoms with Gasteiger partial charge in [0.05, 0.1) is 5.39 Å². The van der Waals surface area contributed by atoms with E-state index in [1.54, 1.807) is 0 Å². The molecule has 0 radical (unpaired) electrons. The van der Waals surface area contributed by atoms with Crippen LogP contribution in [0, 0.1) is 5.92 Å². The Morgan fingerprint density at radius 3 is 2.59 bits per heavy atom. The normalized spacial score (nSPS) is 19.4. The van der Waals surface area contributed by atoms with Crippen LogP contribution >= 0.6 is 11.3 Å². The highest BCUT2D eigenvalue weighted by atomic mass is 32.1. The molecule has 3 aromatic rings. The fraction of sp³-hybridized carbons (Fsp3) is 0.478. The van der Waals surface area contributed by atoms with Crippen molar-refractivity contribution >= 4 is 33.1 Å². The molecule has 6 heteroatoms. The highest BCUT2D eigenvalue weighted by molar-refractivity contribution is 7.19. The summed E-state index contributed by atoms with van der Waals surface area (Å²) < 4.78 is 0. The molecule has 0 saturated carbocycles. The lowest BCUT2D eigenvalue weighted by Gasteiger charge is -2.29. The maximum absolute atomic E-state index is 5.15. The minimum atomic E-state index is 0.768. The number of aryl methyl sites for hydroxylation is 1. The highest BCUT2D eigenvalue weighted by Crippen LogP contribution is 2.42. The predicted octanol–water partition coefficient (Wildman–Crippen LogP) is 3.96. The van der Waals surface area contributed by atoms with Gasteiger partial charge in [-0.2, -0.15) is 0 Å². The minimum absolute atomic E-state index is 0.768. The Morgan fingerprint density at radius 1 is 1.10 bits per heavy atom. The standard InChI is InChI=1S/C23H29N5S/c1-15-4-9-18-19(14-15)29-23-20(18)22(28-12-10-24-11-13-28)25-21(26-23)16-5-7-17(8-6-16)27(2)3/h5-8,15,24H,4,9-14H2,1-3H3. The van der Waals surface area contributed by atoms with Crippen molar-refractivity contribution in [2.24, 2.45) is 5.92 Å². The summed E-state index contributed by atoms with van der Waals surface area (Å²) in [6.07, 6.45) is 3.62. The van der Waals surface area contributed by atoms with E-state index in [0.717, 1.165) is 55.7 Å². The molecule has 0 spiro atoms. The van der Waals surface area contributed by atoms with Crippen molar-refractivity contribution in [3.05, 3.63) is 34.7 Å². The van der Waals surface area contributed by atoms with E-state index in [1.165, 1.54) is 39.2 Å². The average molecular weight is 408 g/mol. The minimum Gasteiger partial charge on any atom is -0.378 e. The van der Waals surface area contributed by atoms with Gasteiger partial charge in [0.1, 0.15) is 10.6 Å². The van der Waals surface area contributed by atoms with Gasteiger partial charge in [-0.05, 0) is 55.0 Å². The molecule has 1 aliphatic carbocycles. The highest BCUT2D eigenvalue weighted by Gasteiger charge is 2.26. The zero-order valence-corrected chi connectivity index (χ0v) is 18.4. The van der Waals surface area contributed by atoms with E-state index < -0.39 is 0 Å². The first-order valence-corrected chi connectivity index (χ1v) is 11.5. The summed E-state index contributed by atoms with van der Waals surface area (Å²) >= 11 is 1.90. The van der Waals surface area contributed by atoms with Crippen molar-refractivity contribution in [2.45, 2.75) is 26.2 Å². The molecule has 1 atom stereocenters. The van der Waals surface area contributed by atoms with Crippen molar-refractivity contribution in [1.82, 2.24) is 15.3 Å². The van der Waals surface area contributed by atoms with Crippen LogP contribution in [-0.4, -0.2) is 50.2 Å². The molecule has 1 fully saturated rings. The number of hydrogen-bond donors (Lipinski definition) is 1. The molecule has 0 amide bonds. The fourth-order valence-corrected chi connectivity index (χ4v) is 5.84. The summed E-state index contributed by atoms with van der Waals surface area (Å²) in [4.78, 5) is 17.5. The number of hydrogen-bond acceptors (Lipinski definition) is 6. The number of fused-ring (bicyclic) bond motifs is 3. The SMILES string of the molecule is CC1CCc2c(sc3nc(-c4ccc(N(C)C)cc4)nc(N4CCNCC4)c23)C1. The lowest BCUT2D eigenvalue weighted by Crippen LogP contribution is -2.44. The van der Waals surface area contributed by atoms with Crippen LogP contribution in [0.25, 0.3) is 21.6 Å². The monoisotopic (exact) mass is 407 g/mol. The number of piperazine rings is 1. The van der Waals surface area contributed by atoms with Crippen LogP contribution in [0.2, 0.25) is 0 Å². The third-order valence-electron chi connectivity index (χ3n) is 6.19. The van der Waals surface area contributed by atoms with Crippen LogP contribution in [0.3, 0.4) is 0 Å². The molecule has 2 aromatic heterocycles. The number of thiophene rings is 1. The summed E-state index contributed by atoms with van der Waals surface area (Å²) in [5, 5.41) is 4.80. The van der Waals surface area contributed by atoms with Crippen LogP contribution in [0.4, 0.5) is 11.5 Å². The lowest BCUT2D eigenvalue weighted by atomic mass is 9.89. The summed E-state index contributed by atoms with van der Waals surface area (Å²) in [7, 11) is 4.13. The summed E-state index contributed by atoms with van der Waals surface area (Å²) in [5.74, 6) is 2.77. The molecular weight excluding hydrogens is 378 g/mol. The number of anilines is 2. The van der Waals surface area contributed by atoms with E-state index in [9.17, 15) is 0 Å². The topological polar surface area (TPSA) is 44.3 Å². The lowest BCUT2D eigenvalue weighted by molar-refractivity contribution is 0.509. The molecule has 1 unspecified atom stereocenters. The molecule has 1 saturated heterocycles. The second-order valence-corrected chi connectivity index (χ2v) is 9.66. The molecule has 5 nitrogen and oxygen atoms in total. The van der Waals surface area contributed by atoms with Crippen molar-refractivity contribution in [2.75, 3.05) is 50.1 Å². The van der Waals surface area contributed by atoms with E-state index in [4.69, 9.17) is 9.97 Å². The molecule has 1 aromatic carbocycles. The van der Waals surface area contributed by atoms with Crippen molar-refractivity contribution < 1.29 is 0 Å². The van der Waals surface area contributed by atoms with Gasteiger partial charge in [0.15, 0.2) is 5.82 Å². The average Bonchev–Trinajstić information content (AvgIpc) is 3.11. The second kappa shape index (κ2) is 7.58. The summed E-state index contributed by atoms with van der Waals surface area (Å²) in [5.41, 5.74) is 3.80. The third kappa shape index (κ3) is 3.49. The molecule has 29 heavy (non-hydrogen) atoms. The van der Waals surface area contributed by atoms with Gasteiger partial charge in [-0.15, -0.1) is 11.3 Å². The zero-order chi connectivity index (χ0) is 20.0. The third-order valence-corrected chi connectivity index (χ3v) is 7.34. The molecule has 3 heterocycles. The van der Waals surface area contributed by atoms with Gasteiger partial charge in [-0.1, -0.05) is 6.92 Å². The molecule has 0 bridgehead atoms. The first kappa shape index (κ1) is 18.8. The van der Waals surface area contributed by atoms with E-state index in [0.29, 0.717) is 0 Å². The van der Waals surface area contributed by atoms with Gasteiger partial charge in [0.2, 0.25) is 0 Å². The smallest absolute Gasteiger partial charge is 0.163 e. The summed E-state index contributed by atoms with van der Waals surface area (Å²) in [6.45, 7) is 6.41. The van der Waals surface area contributed by atoms with Gasteiger partial charge in [0.25, 0.3) is 0 Å². The number of rotatable bonds is 3. The molecule has 1 N–H and O–H groups in total. The molecular formula is C23H29N5S. The van der Waals surface area contributed by atoms with Crippen molar-refractivity contribution in [1.29, 1.82) is 0 Å². The van der Waals surface area contributed by atoms with Gasteiger partial charge in [-0.25, -0.2) is 9.97 Å². The molecule has 5 rings (SSSR count). The Bertz CT molecular complexity index is 1020. The van der Waals surface area contributed by atoms with Gasteiger partial charge < -0.3 is 15.1 Å². The van der Waals surface area contributed by atoms with Crippen molar-refractivity contribution in [3.63, 3.8) is 0 Å². The van der Waals surface area contributed by atoms with Crippen LogP contribution in [-0.2, 0) is 12.8 Å². The fourth-order valence-electron chi connectivity index (χ4n) is 4.47. The number of nitrogens with zero attached hydrogens (tertiary/aromatic N) is 4. The van der Waals surface area contributed by atoms with Crippen molar-refractivity contribution in [3.8, 4) is 11.4 Å². The van der Waals surface area contributed by atoms with Crippen LogP contribution in [0.5, 0.6) is 0 Å². The van der Waals surface area contributed by atoms with Crippen LogP contribution in [0.15, 0.2) is 24.3 Å². The van der Waals surface area contributed by atoms with E-state index in [-0.39, 0.29) is 0 Å². The van der Waals surface area contributed by atoms with Crippen LogP contribution < -0.4 is 15.1 Å². The molecule has 2 aliphatic rings. The van der Waals surface area contributed by atoms with Gasteiger partial charge in [0, 0.05) is 56.4 Å². The second-order valence-electron chi connectivity index (χ2n) is 8.58. The number of aromatic nitrogens is 2. The Kier molecular flexibility index (Phi) is 4.92. The quantitative estimate of drug-likeness (QED) is 0.712. The largest absolute Gasteiger partial charge is 0.378 e. The first-order chi connectivity index (χ1) is 14.1. The molecule has 1 aliphatic heterocycles. The Morgan fingerprint density at radius 2 is 1.86 bits per heavy atom. The summed E-state index contributed by atoms with van der Waals surface area (Å²) in [6, 6.07) is 8.59. The Labute approximate surface area is 176 Å². The molecule has 152 valence electrons. The van der Waals surface area contributed by atoms with E-state index in [1.807, 2.05) is 11.3 Å². The van der Waals surface area contributed by atoms with Gasteiger partial charge >= 0.3 is 0 Å². The van der Waals surface area contributed by atoms with E-state index in [2.05, 4.69) is 60.4 Å². The number of nitrogens with one attached hydrogen (secondary N) is 1. The Hall–Kier alpha value is -2.18. The zero-order valence-electron chi connectivity index (χ0n) is 17.5. The maximum atomic E-state index is 5.15. The van der Waals surface area contributed by atoms with Gasteiger partial charge in [-0.3, -0.25) is 0 Å². The number of benzene rings is 1.